The number of hydrogen-bond acceptors (Lipinski definition) is 6. The first kappa shape index (κ1) is 17.3. The van der Waals surface area contributed by atoms with Crippen molar-refractivity contribution in [1.29, 1.82) is 0 Å². The lowest BCUT2D eigenvalue weighted by molar-refractivity contribution is -0.384. The van der Waals surface area contributed by atoms with Gasteiger partial charge in [-0.25, -0.2) is 0 Å². The summed E-state index contributed by atoms with van der Waals surface area (Å²) in [5.41, 5.74) is -0.549. The van der Waals surface area contributed by atoms with Crippen molar-refractivity contribution in [3.63, 3.8) is 0 Å². The van der Waals surface area contributed by atoms with E-state index in [2.05, 4.69) is 10.3 Å². The number of rotatable bonds is 4. The first-order valence-electron chi connectivity index (χ1n) is 7.84. The molecule has 0 fully saturated rings. The molecule has 0 saturated heterocycles. The Morgan fingerprint density at radius 3 is 2.73 bits per heavy atom. The molecule has 1 heterocycles. The number of amides is 1. The van der Waals surface area contributed by atoms with Gasteiger partial charge in [-0.1, -0.05) is 0 Å². The van der Waals surface area contributed by atoms with Crippen molar-refractivity contribution in [3.05, 3.63) is 61.6 Å². The number of anilines is 1. The predicted octanol–water partition coefficient (Wildman–Crippen LogP) is 2.06. The lowest BCUT2D eigenvalue weighted by atomic mass is 9.93. The number of carbonyl (C=O) groups excluding carboxylic acids is 2. The molecule has 1 amide bonds. The Kier molecular flexibility index (Phi) is 4.53. The summed E-state index contributed by atoms with van der Waals surface area (Å²) in [5, 5.41) is 13.6. The molecule has 2 aromatic rings. The molecule has 0 radical (unpaired) electrons. The molecule has 2 N–H and O–H groups in total. The third-order valence-corrected chi connectivity index (χ3v) is 4.15. The quantitative estimate of drug-likeness (QED) is 0.636. The van der Waals surface area contributed by atoms with Crippen LogP contribution in [-0.4, -0.2) is 28.7 Å². The molecule has 3 rings (SSSR count). The van der Waals surface area contributed by atoms with Crippen LogP contribution in [0.3, 0.4) is 0 Å². The number of methoxy groups -OCH3 is 1. The number of aryl methyl sites for hydroxylation is 1. The van der Waals surface area contributed by atoms with Crippen LogP contribution in [0.1, 0.15) is 39.3 Å². The normalized spacial score (nSPS) is 13.0. The molecule has 1 aromatic heterocycles. The van der Waals surface area contributed by atoms with Gasteiger partial charge in [-0.3, -0.25) is 24.5 Å². The van der Waals surface area contributed by atoms with Crippen molar-refractivity contribution < 1.29 is 19.2 Å². The second kappa shape index (κ2) is 6.79. The molecule has 0 saturated carbocycles. The van der Waals surface area contributed by atoms with Gasteiger partial charge in [0.05, 0.1) is 18.1 Å². The number of pyridine rings is 1. The highest BCUT2D eigenvalue weighted by Crippen LogP contribution is 2.29. The van der Waals surface area contributed by atoms with Gasteiger partial charge < -0.3 is 15.0 Å². The summed E-state index contributed by atoms with van der Waals surface area (Å²) in [6, 6.07) is 5.17. The number of nitrogens with zero attached hydrogens (tertiary/aromatic N) is 1. The molecule has 26 heavy (non-hydrogen) atoms. The second-order valence-corrected chi connectivity index (χ2v) is 5.78. The zero-order valence-corrected chi connectivity index (χ0v) is 13.8. The molecule has 0 spiro atoms. The van der Waals surface area contributed by atoms with Crippen LogP contribution >= 0.6 is 0 Å². The fraction of sp³-hybridized carbons (Fsp3) is 0.235. The second-order valence-electron chi connectivity index (χ2n) is 5.78. The molecule has 0 aliphatic heterocycles. The van der Waals surface area contributed by atoms with Crippen LogP contribution in [0.4, 0.5) is 11.4 Å². The number of H-pyrrole nitrogens is 1. The lowest BCUT2D eigenvalue weighted by Gasteiger charge is -2.15. The Morgan fingerprint density at radius 1 is 1.27 bits per heavy atom. The topological polar surface area (TPSA) is 131 Å². The first-order chi connectivity index (χ1) is 12.4. The van der Waals surface area contributed by atoms with Crippen LogP contribution in [0.25, 0.3) is 0 Å². The van der Waals surface area contributed by atoms with E-state index in [4.69, 9.17) is 4.74 Å². The average molecular weight is 357 g/mol. The molecule has 1 aliphatic rings. The number of ether oxygens (including phenoxy) is 1. The van der Waals surface area contributed by atoms with E-state index >= 15 is 0 Å². The number of carbonyl (C=O) groups is 2. The van der Waals surface area contributed by atoms with Crippen LogP contribution in [-0.2, 0) is 6.42 Å². The highest BCUT2D eigenvalue weighted by atomic mass is 16.6. The minimum Gasteiger partial charge on any atom is -0.496 e. The summed E-state index contributed by atoms with van der Waals surface area (Å²) < 4.78 is 4.93. The smallest absolute Gasteiger partial charge is 0.296 e. The average Bonchev–Trinajstić information content (AvgIpc) is 2.61. The van der Waals surface area contributed by atoms with Gasteiger partial charge >= 0.3 is 0 Å². The molecular weight excluding hydrogens is 342 g/mol. The Balaban J connectivity index is 1.97. The lowest BCUT2D eigenvalue weighted by Crippen LogP contribution is -2.27. The maximum absolute atomic E-state index is 12.5. The van der Waals surface area contributed by atoms with Gasteiger partial charge in [0.15, 0.2) is 5.78 Å². The molecule has 0 atom stereocenters. The number of nitro groups is 1. The molecule has 9 nitrogen and oxygen atoms in total. The van der Waals surface area contributed by atoms with Gasteiger partial charge in [0.2, 0.25) is 0 Å². The summed E-state index contributed by atoms with van der Waals surface area (Å²) >= 11 is 0. The largest absolute Gasteiger partial charge is 0.496 e. The molecular formula is C17H15N3O6. The van der Waals surface area contributed by atoms with Gasteiger partial charge in [0, 0.05) is 17.7 Å². The summed E-state index contributed by atoms with van der Waals surface area (Å²) in [4.78, 5) is 49.7. The van der Waals surface area contributed by atoms with Gasteiger partial charge in [0.25, 0.3) is 17.2 Å². The van der Waals surface area contributed by atoms with E-state index in [0.717, 1.165) is 6.07 Å². The minimum absolute atomic E-state index is 0.0794. The number of fused-ring (bicyclic) bond motifs is 1. The predicted molar refractivity (Wildman–Crippen MR) is 91.9 cm³/mol. The molecule has 9 heteroatoms. The SMILES string of the molecule is COc1ccc(NC(=O)c2cc3c([nH]c2=O)CCCC3=O)c([N+](=O)[O-])c1. The van der Waals surface area contributed by atoms with Crippen molar-refractivity contribution in [2.75, 3.05) is 12.4 Å². The van der Waals surface area contributed by atoms with Crippen molar-refractivity contribution >= 4 is 23.1 Å². The highest BCUT2D eigenvalue weighted by molar-refractivity contribution is 6.07. The summed E-state index contributed by atoms with van der Waals surface area (Å²) in [6.45, 7) is 0. The summed E-state index contributed by atoms with van der Waals surface area (Å²) in [5.74, 6) is -0.723. The number of nitrogens with one attached hydrogen (secondary N) is 2. The Labute approximate surface area is 147 Å². The number of benzene rings is 1. The number of nitro benzene ring substituents is 1. The van der Waals surface area contributed by atoms with Crippen molar-refractivity contribution in [2.24, 2.45) is 0 Å². The van der Waals surface area contributed by atoms with E-state index < -0.39 is 16.4 Å². The summed E-state index contributed by atoms with van der Waals surface area (Å²) in [6.07, 6.45) is 1.55. The van der Waals surface area contributed by atoms with Gasteiger partial charge in [-0.2, -0.15) is 0 Å². The zero-order chi connectivity index (χ0) is 18.8. The molecule has 0 bridgehead atoms. The number of ketones is 1. The van der Waals surface area contributed by atoms with E-state index in [-0.39, 0.29) is 28.5 Å². The number of aromatic nitrogens is 1. The van der Waals surface area contributed by atoms with Gasteiger partial charge in [-0.15, -0.1) is 0 Å². The van der Waals surface area contributed by atoms with E-state index in [1.165, 1.54) is 25.3 Å². The standard InChI is InChI=1S/C17H15N3O6/c1-26-9-5-6-13(14(7-9)20(24)25)19-17(23)11-8-10-12(18-16(11)22)3-2-4-15(10)21/h5-8H,2-4H2,1H3,(H,18,22)(H,19,23). The van der Waals surface area contributed by atoms with E-state index in [1.807, 2.05) is 0 Å². The minimum atomic E-state index is -0.833. The number of hydrogen-bond donors (Lipinski definition) is 2. The van der Waals surface area contributed by atoms with E-state index in [1.54, 1.807) is 0 Å². The first-order valence-corrected chi connectivity index (χ1v) is 7.84. The fourth-order valence-corrected chi connectivity index (χ4v) is 2.83. The molecule has 0 unspecified atom stereocenters. The Morgan fingerprint density at radius 2 is 2.04 bits per heavy atom. The van der Waals surface area contributed by atoms with Gasteiger partial charge in [-0.05, 0) is 31.0 Å². The third-order valence-electron chi connectivity index (χ3n) is 4.15. The van der Waals surface area contributed by atoms with Crippen molar-refractivity contribution in [1.82, 2.24) is 4.98 Å². The molecule has 1 aliphatic carbocycles. The summed E-state index contributed by atoms with van der Waals surface area (Å²) in [7, 11) is 1.36. The highest BCUT2D eigenvalue weighted by Gasteiger charge is 2.24. The van der Waals surface area contributed by atoms with Crippen LogP contribution in [0.15, 0.2) is 29.1 Å². The fourth-order valence-electron chi connectivity index (χ4n) is 2.83. The third kappa shape index (κ3) is 3.18. The maximum Gasteiger partial charge on any atom is 0.296 e. The monoisotopic (exact) mass is 357 g/mol. The van der Waals surface area contributed by atoms with Crippen molar-refractivity contribution in [3.8, 4) is 5.75 Å². The van der Waals surface area contributed by atoms with Gasteiger partial charge in [0.1, 0.15) is 17.0 Å². The number of aromatic amines is 1. The zero-order valence-electron chi connectivity index (χ0n) is 13.8. The Hall–Kier alpha value is -3.49. The maximum atomic E-state index is 12.5. The van der Waals surface area contributed by atoms with E-state index in [0.29, 0.717) is 30.5 Å². The van der Waals surface area contributed by atoms with E-state index in [9.17, 15) is 24.5 Å². The Bertz CT molecular complexity index is 979. The van der Waals surface area contributed by atoms with Crippen LogP contribution in [0.5, 0.6) is 5.75 Å². The van der Waals surface area contributed by atoms with Crippen molar-refractivity contribution in [2.45, 2.75) is 19.3 Å². The molecule has 134 valence electrons. The van der Waals surface area contributed by atoms with Crippen LogP contribution < -0.4 is 15.6 Å². The van der Waals surface area contributed by atoms with Crippen LogP contribution in [0, 0.1) is 10.1 Å². The van der Waals surface area contributed by atoms with Crippen LogP contribution in [0.2, 0.25) is 0 Å². The number of Topliss-reactive ketones (excluding diaryl/α,β-unsaturated/α-hetero) is 1. The molecule has 1 aromatic carbocycles.